The zero-order chi connectivity index (χ0) is 25.8. The monoisotopic (exact) mass is 527 g/mol. The minimum atomic E-state index is -3.27. The Bertz CT molecular complexity index is 1410. The molecular weight excluding hydrogens is 493 g/mol. The van der Waals surface area contributed by atoms with Crippen molar-refractivity contribution < 1.29 is 22.7 Å². The molecule has 6 rings (SSSR count). The van der Waals surface area contributed by atoms with E-state index in [0.717, 1.165) is 47.2 Å². The summed E-state index contributed by atoms with van der Waals surface area (Å²) >= 11 is 0. The number of halogens is 1. The van der Waals surface area contributed by atoms with Crippen molar-refractivity contribution >= 4 is 20.9 Å². The Hall–Kier alpha value is -2.46. The van der Waals surface area contributed by atoms with Crippen molar-refractivity contribution in [2.24, 2.45) is 0 Å². The van der Waals surface area contributed by atoms with Gasteiger partial charge >= 0.3 is 0 Å². The molecular formula is C28H34FN3O4S. The standard InChI is InChI=1S/C28H34FN3O4S/c1-36-20-9-10-22-24(15-20)30-27-25(17-33)31(16-19-5-2-3-8-23(19)29)18-28(26(22)27)11-13-32(14-12-28)37(34,35)21-6-4-7-21/h2-3,5,8-10,15,21,25,30,33H,4,6-7,11-14,16-18H2,1H3. The third-order valence-corrected chi connectivity index (χ3v) is 11.3. The largest absolute Gasteiger partial charge is 0.497 e. The van der Waals surface area contributed by atoms with Crippen LogP contribution in [-0.2, 0) is 22.0 Å². The van der Waals surface area contributed by atoms with Gasteiger partial charge in [0.2, 0.25) is 10.0 Å². The number of aliphatic hydroxyl groups excluding tert-OH is 1. The summed E-state index contributed by atoms with van der Waals surface area (Å²) in [7, 11) is -1.64. The number of aliphatic hydroxyl groups is 1. The van der Waals surface area contributed by atoms with Crippen LogP contribution in [0.1, 0.15) is 55.0 Å². The van der Waals surface area contributed by atoms with Crippen molar-refractivity contribution in [1.29, 1.82) is 0 Å². The Morgan fingerprint density at radius 2 is 1.92 bits per heavy atom. The molecule has 3 aliphatic rings. The molecule has 3 aromatic rings. The zero-order valence-corrected chi connectivity index (χ0v) is 21.9. The fourth-order valence-electron chi connectivity index (χ4n) is 6.58. The Balaban J connectivity index is 1.41. The quantitative estimate of drug-likeness (QED) is 0.505. The van der Waals surface area contributed by atoms with Gasteiger partial charge in [-0.25, -0.2) is 17.1 Å². The molecule has 9 heteroatoms. The highest BCUT2D eigenvalue weighted by Crippen LogP contribution is 2.50. The molecule has 0 bridgehead atoms. The van der Waals surface area contributed by atoms with E-state index in [1.54, 1.807) is 23.5 Å². The number of sulfonamides is 1. The van der Waals surface area contributed by atoms with Gasteiger partial charge in [0.05, 0.1) is 25.0 Å². The van der Waals surface area contributed by atoms with Crippen molar-refractivity contribution in [2.75, 3.05) is 33.4 Å². The molecule has 1 aliphatic carbocycles. The van der Waals surface area contributed by atoms with Crippen LogP contribution in [0.5, 0.6) is 5.75 Å². The molecule has 7 nitrogen and oxygen atoms in total. The molecule has 1 unspecified atom stereocenters. The average molecular weight is 528 g/mol. The van der Waals surface area contributed by atoms with Crippen LogP contribution in [0, 0.1) is 5.82 Å². The third kappa shape index (κ3) is 4.07. The summed E-state index contributed by atoms with van der Waals surface area (Å²) in [5.41, 5.74) is 3.30. The van der Waals surface area contributed by atoms with Crippen LogP contribution in [0.15, 0.2) is 42.5 Å². The molecule has 1 aromatic heterocycles. The maximum Gasteiger partial charge on any atom is 0.216 e. The van der Waals surface area contributed by atoms with Gasteiger partial charge in [0, 0.05) is 59.8 Å². The first-order valence-electron chi connectivity index (χ1n) is 13.1. The summed E-state index contributed by atoms with van der Waals surface area (Å²) in [5, 5.41) is 11.4. The van der Waals surface area contributed by atoms with E-state index in [1.807, 2.05) is 18.2 Å². The Kier molecular flexibility index (Phi) is 6.30. The number of aromatic amines is 1. The van der Waals surface area contributed by atoms with Crippen LogP contribution < -0.4 is 4.74 Å². The maximum absolute atomic E-state index is 14.7. The van der Waals surface area contributed by atoms with Crippen LogP contribution in [-0.4, -0.2) is 66.3 Å². The van der Waals surface area contributed by atoms with E-state index in [4.69, 9.17) is 4.74 Å². The van der Waals surface area contributed by atoms with Crippen LogP contribution in [0.25, 0.3) is 10.9 Å². The molecule has 2 N–H and O–H groups in total. The lowest BCUT2D eigenvalue weighted by molar-refractivity contribution is 0.0526. The lowest BCUT2D eigenvalue weighted by Crippen LogP contribution is -2.55. The number of hydrogen-bond donors (Lipinski definition) is 2. The molecule has 1 atom stereocenters. The number of aromatic nitrogens is 1. The van der Waals surface area contributed by atoms with Crippen LogP contribution in [0.4, 0.5) is 4.39 Å². The molecule has 3 heterocycles. The Morgan fingerprint density at radius 3 is 2.57 bits per heavy atom. The first kappa shape index (κ1) is 24.9. The van der Waals surface area contributed by atoms with Gasteiger partial charge in [-0.15, -0.1) is 0 Å². The van der Waals surface area contributed by atoms with Gasteiger partial charge in [-0.2, -0.15) is 0 Å². The number of ether oxygens (including phenoxy) is 1. The summed E-state index contributed by atoms with van der Waals surface area (Å²) in [6.07, 6.45) is 3.85. The van der Waals surface area contributed by atoms with Crippen LogP contribution in [0.2, 0.25) is 0 Å². The molecule has 37 heavy (non-hydrogen) atoms. The predicted molar refractivity (Wildman–Crippen MR) is 141 cm³/mol. The van der Waals surface area contributed by atoms with E-state index in [1.165, 1.54) is 6.07 Å². The molecule has 2 aliphatic heterocycles. The van der Waals surface area contributed by atoms with E-state index in [9.17, 15) is 17.9 Å². The van der Waals surface area contributed by atoms with Gasteiger partial charge < -0.3 is 14.8 Å². The zero-order valence-electron chi connectivity index (χ0n) is 21.1. The van der Waals surface area contributed by atoms with Crippen molar-refractivity contribution in [3.05, 3.63) is 65.1 Å². The number of rotatable bonds is 6. The molecule has 2 fully saturated rings. The van der Waals surface area contributed by atoms with E-state index < -0.39 is 10.0 Å². The van der Waals surface area contributed by atoms with Crippen LogP contribution in [0.3, 0.4) is 0 Å². The van der Waals surface area contributed by atoms with Crippen molar-refractivity contribution in [3.8, 4) is 5.75 Å². The normalized spacial score (nSPS) is 22.7. The highest BCUT2D eigenvalue weighted by atomic mass is 32.2. The summed E-state index contributed by atoms with van der Waals surface area (Å²) < 4.78 is 48.2. The van der Waals surface area contributed by atoms with E-state index in [2.05, 4.69) is 16.0 Å². The lowest BCUT2D eigenvalue weighted by atomic mass is 9.68. The van der Waals surface area contributed by atoms with Crippen LogP contribution >= 0.6 is 0 Å². The van der Waals surface area contributed by atoms with Gasteiger partial charge in [-0.3, -0.25) is 4.90 Å². The second-order valence-corrected chi connectivity index (χ2v) is 13.0. The third-order valence-electron chi connectivity index (χ3n) is 8.86. The SMILES string of the molecule is COc1ccc2c3c([nH]c2c1)C(CO)N(Cc1ccccc1F)CC31CCN(S(=O)(=O)C2CCC2)CC1. The molecule has 0 radical (unpaired) electrons. The molecule has 2 aromatic carbocycles. The van der Waals surface area contributed by atoms with E-state index >= 15 is 0 Å². The average Bonchev–Trinajstić information content (AvgIpc) is 3.24. The number of methoxy groups -OCH3 is 1. The van der Waals surface area contributed by atoms with E-state index in [-0.39, 0.29) is 29.1 Å². The lowest BCUT2D eigenvalue weighted by Gasteiger charge is -2.50. The maximum atomic E-state index is 14.7. The van der Waals surface area contributed by atoms with Gasteiger partial charge in [0.1, 0.15) is 11.6 Å². The van der Waals surface area contributed by atoms with Crippen molar-refractivity contribution in [2.45, 2.75) is 55.4 Å². The van der Waals surface area contributed by atoms with Crippen molar-refractivity contribution in [3.63, 3.8) is 0 Å². The first-order valence-corrected chi connectivity index (χ1v) is 14.6. The van der Waals surface area contributed by atoms with Gasteiger partial charge in [-0.1, -0.05) is 24.6 Å². The fraction of sp³-hybridized carbons (Fsp3) is 0.500. The smallest absolute Gasteiger partial charge is 0.216 e. The number of nitrogens with zero attached hydrogens (tertiary/aromatic N) is 2. The molecule has 198 valence electrons. The highest BCUT2D eigenvalue weighted by molar-refractivity contribution is 7.89. The Morgan fingerprint density at radius 1 is 1.16 bits per heavy atom. The summed E-state index contributed by atoms with van der Waals surface area (Å²) in [6.45, 7) is 1.82. The van der Waals surface area contributed by atoms with Crippen molar-refractivity contribution in [1.82, 2.24) is 14.2 Å². The fourth-order valence-corrected chi connectivity index (χ4v) is 8.62. The minimum absolute atomic E-state index is 0.107. The molecule has 1 saturated carbocycles. The molecule has 0 amide bonds. The summed E-state index contributed by atoms with van der Waals surface area (Å²) in [6, 6.07) is 12.4. The molecule has 1 saturated heterocycles. The first-order chi connectivity index (χ1) is 17.9. The summed E-state index contributed by atoms with van der Waals surface area (Å²) in [4.78, 5) is 5.72. The minimum Gasteiger partial charge on any atom is -0.497 e. The number of benzene rings is 2. The summed E-state index contributed by atoms with van der Waals surface area (Å²) in [5.74, 6) is 0.479. The van der Waals surface area contributed by atoms with Gasteiger partial charge in [-0.05, 0) is 49.4 Å². The second-order valence-electron chi connectivity index (χ2n) is 10.8. The number of H-pyrrole nitrogens is 1. The second kappa shape index (κ2) is 9.38. The van der Waals surface area contributed by atoms with Gasteiger partial charge in [0.25, 0.3) is 0 Å². The van der Waals surface area contributed by atoms with E-state index in [0.29, 0.717) is 44.6 Å². The number of fused-ring (bicyclic) bond motifs is 4. The number of piperidine rings is 1. The highest BCUT2D eigenvalue weighted by Gasteiger charge is 2.49. The number of nitrogens with one attached hydrogen (secondary N) is 1. The predicted octanol–water partition coefficient (Wildman–Crippen LogP) is 4.08. The topological polar surface area (TPSA) is 85.9 Å². The molecule has 1 spiro atoms. The van der Waals surface area contributed by atoms with Gasteiger partial charge in [0.15, 0.2) is 0 Å². The number of hydrogen-bond acceptors (Lipinski definition) is 5. The Labute approximate surface area is 217 Å².